The van der Waals surface area contributed by atoms with Crippen LogP contribution in [0.5, 0.6) is 0 Å². The van der Waals surface area contributed by atoms with E-state index >= 15 is 0 Å². The zero-order valence-electron chi connectivity index (χ0n) is 21.9. The summed E-state index contributed by atoms with van der Waals surface area (Å²) in [4.78, 5) is 2.65. The van der Waals surface area contributed by atoms with Crippen LogP contribution < -0.4 is 21.4 Å². The molecule has 4 saturated heterocycles. The Morgan fingerprint density at radius 3 is 2.21 bits per heavy atom. The molecule has 0 aromatic heterocycles. The molecule has 0 radical (unpaired) electrons. The Morgan fingerprint density at radius 2 is 1.48 bits per heavy atom. The van der Waals surface area contributed by atoms with Crippen LogP contribution in [0.4, 0.5) is 0 Å². The molecule has 1 saturated carbocycles. The van der Waals surface area contributed by atoms with Gasteiger partial charge in [0.15, 0.2) is 0 Å². The average molecular weight is 463 g/mol. The molecule has 0 aromatic carbocycles. The van der Waals surface area contributed by atoms with Gasteiger partial charge in [-0.1, -0.05) is 0 Å². The van der Waals surface area contributed by atoms with Crippen LogP contribution in [0.15, 0.2) is 0 Å². The van der Waals surface area contributed by atoms with Crippen molar-refractivity contribution in [1.29, 1.82) is 0 Å². The average Bonchev–Trinajstić information content (AvgIpc) is 3.08. The number of aliphatic hydroxyl groups excluding tert-OH is 1. The molecule has 8 unspecified atom stereocenters. The molecule has 5 fully saturated rings. The van der Waals surface area contributed by atoms with Crippen LogP contribution >= 0.6 is 0 Å². The summed E-state index contributed by atoms with van der Waals surface area (Å²) in [6.45, 7) is 10.5. The van der Waals surface area contributed by atoms with E-state index in [0.717, 1.165) is 19.4 Å². The van der Waals surface area contributed by atoms with Crippen LogP contribution in [-0.4, -0.2) is 89.2 Å². The van der Waals surface area contributed by atoms with Crippen molar-refractivity contribution in [2.75, 3.05) is 20.6 Å². The standard InChI is InChI=1S/C26H50N6O/c1-25(2)13-17(14-26(3,4)30-25)32(6)24-10-9-20-21(28-24)8-7-19(27-20)18-11-16-15-31(5)29-22(16)12-23(18)33/h16-24,27-30,33H,7-15H2,1-6H3. The number of hydrazine groups is 1. The van der Waals surface area contributed by atoms with Crippen LogP contribution in [0.25, 0.3) is 0 Å². The summed E-state index contributed by atoms with van der Waals surface area (Å²) in [6, 6.07) is 2.64. The SMILES string of the molecule is CN1CC2CC(C3CCC4NC(N(C)C5CC(C)(C)NC(C)(C)C5)CCC4N3)C(O)CC2N1. The molecular formula is C26H50N6O. The van der Waals surface area contributed by atoms with Crippen molar-refractivity contribution in [1.82, 2.24) is 31.3 Å². The Morgan fingerprint density at radius 1 is 0.848 bits per heavy atom. The number of hydrogen-bond donors (Lipinski definition) is 5. The minimum Gasteiger partial charge on any atom is -0.393 e. The van der Waals surface area contributed by atoms with Gasteiger partial charge in [-0.2, -0.15) is 0 Å². The van der Waals surface area contributed by atoms with Crippen LogP contribution in [0.3, 0.4) is 0 Å². The van der Waals surface area contributed by atoms with E-state index in [2.05, 4.69) is 73.1 Å². The van der Waals surface area contributed by atoms with Crippen molar-refractivity contribution in [2.24, 2.45) is 11.8 Å². The van der Waals surface area contributed by atoms with E-state index in [9.17, 15) is 5.11 Å². The summed E-state index contributed by atoms with van der Waals surface area (Å²) < 4.78 is 0. The first-order valence-electron chi connectivity index (χ1n) is 13.7. The quantitative estimate of drug-likeness (QED) is 0.437. The Labute approximate surface area is 201 Å². The summed E-state index contributed by atoms with van der Waals surface area (Å²) in [5.41, 5.74) is 3.90. The lowest BCUT2D eigenvalue weighted by Gasteiger charge is -2.53. The lowest BCUT2D eigenvalue weighted by Crippen LogP contribution is -2.68. The summed E-state index contributed by atoms with van der Waals surface area (Å²) in [6.07, 6.45) is 9.59. The van der Waals surface area contributed by atoms with Gasteiger partial charge in [0, 0.05) is 60.8 Å². The second-order valence-electron chi connectivity index (χ2n) is 13.5. The lowest BCUT2D eigenvalue weighted by molar-refractivity contribution is -0.00648. The fraction of sp³-hybridized carbons (Fsp3) is 1.00. The molecule has 0 aromatic rings. The zero-order valence-corrected chi connectivity index (χ0v) is 21.9. The molecule has 190 valence electrons. The number of piperidine rings is 3. The van der Waals surface area contributed by atoms with Gasteiger partial charge in [-0.05, 0) is 92.0 Å². The minimum absolute atomic E-state index is 0.179. The van der Waals surface area contributed by atoms with Crippen molar-refractivity contribution in [3.8, 4) is 0 Å². The molecule has 33 heavy (non-hydrogen) atoms. The lowest BCUT2D eigenvalue weighted by atomic mass is 9.71. The Kier molecular flexibility index (Phi) is 6.65. The Hall–Kier alpha value is -0.280. The number of nitrogens with zero attached hydrogens (tertiary/aromatic N) is 2. The second-order valence-corrected chi connectivity index (χ2v) is 13.5. The van der Waals surface area contributed by atoms with Crippen molar-refractivity contribution in [2.45, 2.75) is 133 Å². The molecule has 4 heterocycles. The van der Waals surface area contributed by atoms with Crippen molar-refractivity contribution in [3.63, 3.8) is 0 Å². The van der Waals surface area contributed by atoms with Gasteiger partial charge in [0.2, 0.25) is 0 Å². The van der Waals surface area contributed by atoms with Gasteiger partial charge in [0.05, 0.1) is 12.3 Å². The third-order valence-electron chi connectivity index (χ3n) is 9.64. The molecular weight excluding hydrogens is 412 g/mol. The van der Waals surface area contributed by atoms with E-state index in [4.69, 9.17) is 0 Å². The molecule has 5 N–H and O–H groups in total. The van der Waals surface area contributed by atoms with Gasteiger partial charge < -0.3 is 15.7 Å². The first-order valence-corrected chi connectivity index (χ1v) is 13.7. The zero-order chi connectivity index (χ0) is 23.5. The van der Waals surface area contributed by atoms with E-state index in [1.165, 1.54) is 38.5 Å². The highest BCUT2D eigenvalue weighted by molar-refractivity contribution is 5.04. The van der Waals surface area contributed by atoms with E-state index < -0.39 is 0 Å². The van der Waals surface area contributed by atoms with Crippen LogP contribution in [-0.2, 0) is 0 Å². The number of fused-ring (bicyclic) bond motifs is 2. The molecule has 5 aliphatic rings. The number of aliphatic hydroxyl groups is 1. The second kappa shape index (κ2) is 8.99. The maximum Gasteiger partial charge on any atom is 0.0600 e. The highest BCUT2D eigenvalue weighted by atomic mass is 16.3. The van der Waals surface area contributed by atoms with Gasteiger partial charge in [0.1, 0.15) is 0 Å². The topological polar surface area (TPSA) is 74.8 Å². The predicted molar refractivity (Wildman–Crippen MR) is 134 cm³/mol. The van der Waals surface area contributed by atoms with E-state index in [0.29, 0.717) is 48.2 Å². The van der Waals surface area contributed by atoms with Crippen molar-refractivity contribution < 1.29 is 5.11 Å². The molecule has 7 heteroatoms. The number of hydrogen-bond acceptors (Lipinski definition) is 7. The Bertz CT molecular complexity index is 684. The molecule has 5 rings (SSSR count). The molecule has 0 bridgehead atoms. The maximum absolute atomic E-state index is 11.0. The van der Waals surface area contributed by atoms with Crippen molar-refractivity contribution >= 4 is 0 Å². The Balaban J connectivity index is 1.17. The van der Waals surface area contributed by atoms with E-state index in [-0.39, 0.29) is 17.2 Å². The van der Waals surface area contributed by atoms with E-state index in [1.54, 1.807) is 0 Å². The van der Waals surface area contributed by atoms with Gasteiger partial charge >= 0.3 is 0 Å². The largest absolute Gasteiger partial charge is 0.393 e. The molecule has 4 aliphatic heterocycles. The molecule has 8 atom stereocenters. The fourth-order valence-electron chi connectivity index (χ4n) is 8.43. The van der Waals surface area contributed by atoms with Gasteiger partial charge in [0.25, 0.3) is 0 Å². The summed E-state index contributed by atoms with van der Waals surface area (Å²) in [7, 11) is 4.48. The molecule has 1 aliphatic carbocycles. The summed E-state index contributed by atoms with van der Waals surface area (Å²) in [5.74, 6) is 1.09. The minimum atomic E-state index is -0.179. The highest BCUT2D eigenvalue weighted by Crippen LogP contribution is 2.39. The summed E-state index contributed by atoms with van der Waals surface area (Å²) >= 11 is 0. The third-order valence-corrected chi connectivity index (χ3v) is 9.64. The first kappa shape index (κ1) is 24.4. The van der Waals surface area contributed by atoms with E-state index in [1.807, 2.05) is 0 Å². The first-order chi connectivity index (χ1) is 15.5. The van der Waals surface area contributed by atoms with Crippen LogP contribution in [0.1, 0.15) is 79.1 Å². The van der Waals surface area contributed by atoms with Crippen LogP contribution in [0, 0.1) is 11.8 Å². The van der Waals surface area contributed by atoms with Gasteiger partial charge in [-0.15, -0.1) is 0 Å². The van der Waals surface area contributed by atoms with Gasteiger partial charge in [-0.25, -0.2) is 5.01 Å². The van der Waals surface area contributed by atoms with Gasteiger partial charge in [-0.3, -0.25) is 15.6 Å². The number of nitrogens with one attached hydrogen (secondary N) is 4. The summed E-state index contributed by atoms with van der Waals surface area (Å²) in [5, 5.41) is 25.1. The maximum atomic E-state index is 11.0. The normalized spacial score (nSPS) is 46.2. The van der Waals surface area contributed by atoms with Crippen molar-refractivity contribution in [3.05, 3.63) is 0 Å². The highest BCUT2D eigenvalue weighted by Gasteiger charge is 2.47. The third kappa shape index (κ3) is 5.16. The smallest absolute Gasteiger partial charge is 0.0600 e. The molecule has 7 nitrogen and oxygen atoms in total. The molecule has 0 spiro atoms. The fourth-order valence-corrected chi connectivity index (χ4v) is 8.43. The predicted octanol–water partition coefficient (Wildman–Crippen LogP) is 1.63. The molecule has 0 amide bonds. The monoisotopic (exact) mass is 462 g/mol. The van der Waals surface area contributed by atoms with Crippen LogP contribution in [0.2, 0.25) is 0 Å². The number of rotatable bonds is 3.